The maximum absolute atomic E-state index is 12.8. The molecule has 144 valence electrons. The Bertz CT molecular complexity index is 976. The van der Waals surface area contributed by atoms with E-state index in [0.717, 1.165) is 28.7 Å². The molecule has 0 aliphatic heterocycles. The first-order valence-corrected chi connectivity index (χ1v) is 10.0. The summed E-state index contributed by atoms with van der Waals surface area (Å²) < 4.78 is 0. The Kier molecular flexibility index (Phi) is 6.12. The van der Waals surface area contributed by atoms with Gasteiger partial charge in [-0.05, 0) is 78.9 Å². The third-order valence-corrected chi connectivity index (χ3v) is 5.43. The van der Waals surface area contributed by atoms with Crippen LogP contribution in [0.25, 0.3) is 22.3 Å². The van der Waals surface area contributed by atoms with Crippen LogP contribution in [-0.4, -0.2) is 11.4 Å². The molecule has 1 N–H and O–H groups in total. The molecule has 0 unspecified atom stereocenters. The number of amides is 1. The zero-order valence-corrected chi connectivity index (χ0v) is 17.7. The summed E-state index contributed by atoms with van der Waals surface area (Å²) in [6, 6.07) is 21.1. The van der Waals surface area contributed by atoms with E-state index in [2.05, 4.69) is 12.2 Å². The first-order valence-electron chi connectivity index (χ1n) is 9.27. The molecule has 0 radical (unpaired) electrons. The molecule has 3 rings (SSSR count). The van der Waals surface area contributed by atoms with Gasteiger partial charge in [0, 0.05) is 21.1 Å². The lowest BCUT2D eigenvalue weighted by Crippen LogP contribution is -2.42. The number of hydrogen-bond acceptors (Lipinski definition) is 1. The highest BCUT2D eigenvalue weighted by molar-refractivity contribution is 6.31. The fourth-order valence-electron chi connectivity index (χ4n) is 2.90. The molecule has 0 saturated carbocycles. The summed E-state index contributed by atoms with van der Waals surface area (Å²) in [5.41, 5.74) is 4.41. The Morgan fingerprint density at radius 3 is 1.82 bits per heavy atom. The van der Waals surface area contributed by atoms with Crippen LogP contribution < -0.4 is 5.32 Å². The van der Waals surface area contributed by atoms with Gasteiger partial charge in [-0.1, -0.05) is 60.5 Å². The van der Waals surface area contributed by atoms with Gasteiger partial charge in [-0.25, -0.2) is 0 Å². The average molecular weight is 412 g/mol. The van der Waals surface area contributed by atoms with Crippen molar-refractivity contribution in [3.05, 3.63) is 82.3 Å². The lowest BCUT2D eigenvalue weighted by Gasteiger charge is -2.24. The number of carbonyl (C=O) groups excluding carboxylic acids is 1. The lowest BCUT2D eigenvalue weighted by atomic mass is 9.92. The molecule has 0 atom stereocenters. The summed E-state index contributed by atoms with van der Waals surface area (Å²) in [5.74, 6) is -0.0790. The van der Waals surface area contributed by atoms with Crippen molar-refractivity contribution in [3.63, 3.8) is 0 Å². The maximum Gasteiger partial charge on any atom is 0.251 e. The van der Waals surface area contributed by atoms with E-state index in [4.69, 9.17) is 23.2 Å². The highest BCUT2D eigenvalue weighted by Gasteiger charge is 2.20. The van der Waals surface area contributed by atoms with Crippen molar-refractivity contribution in [3.8, 4) is 22.3 Å². The smallest absolute Gasteiger partial charge is 0.251 e. The van der Waals surface area contributed by atoms with E-state index in [1.54, 1.807) is 0 Å². The van der Waals surface area contributed by atoms with Crippen LogP contribution in [0.1, 0.15) is 37.6 Å². The molecule has 28 heavy (non-hydrogen) atoms. The van der Waals surface area contributed by atoms with Crippen molar-refractivity contribution < 1.29 is 4.79 Å². The van der Waals surface area contributed by atoms with E-state index in [1.165, 1.54) is 0 Å². The average Bonchev–Trinajstić information content (AvgIpc) is 2.68. The predicted molar refractivity (Wildman–Crippen MR) is 119 cm³/mol. The van der Waals surface area contributed by atoms with E-state index < -0.39 is 0 Å². The van der Waals surface area contributed by atoms with Crippen molar-refractivity contribution in [1.82, 2.24) is 5.32 Å². The number of benzene rings is 3. The van der Waals surface area contributed by atoms with Crippen LogP contribution in [0.5, 0.6) is 0 Å². The third kappa shape index (κ3) is 4.76. The summed E-state index contributed by atoms with van der Waals surface area (Å²) in [7, 11) is 0. The van der Waals surface area contributed by atoms with Crippen LogP contribution in [0.15, 0.2) is 66.7 Å². The molecule has 3 aromatic carbocycles. The third-order valence-electron chi connectivity index (χ3n) is 4.93. The largest absolute Gasteiger partial charge is 0.347 e. The normalized spacial score (nSPS) is 11.3. The van der Waals surface area contributed by atoms with Crippen molar-refractivity contribution >= 4 is 29.1 Å². The van der Waals surface area contributed by atoms with Gasteiger partial charge in [0.25, 0.3) is 5.91 Å². The van der Waals surface area contributed by atoms with Crippen LogP contribution in [0.3, 0.4) is 0 Å². The summed E-state index contributed by atoms with van der Waals surface area (Å²) in [5, 5.41) is 4.46. The highest BCUT2D eigenvalue weighted by atomic mass is 35.5. The molecular formula is C24H23Cl2NO. The first kappa shape index (κ1) is 20.4. The monoisotopic (exact) mass is 411 g/mol. The molecule has 0 saturated heterocycles. The Morgan fingerprint density at radius 2 is 1.32 bits per heavy atom. The summed E-state index contributed by atoms with van der Waals surface area (Å²) in [6.07, 6.45) is 0.853. The van der Waals surface area contributed by atoms with Crippen molar-refractivity contribution in [2.24, 2.45) is 0 Å². The minimum atomic E-state index is -0.258. The minimum Gasteiger partial charge on any atom is -0.347 e. The Labute approximate surface area is 176 Å². The second-order valence-electron chi connectivity index (χ2n) is 7.47. The highest BCUT2D eigenvalue weighted by Crippen LogP contribution is 2.34. The standard InChI is InChI=1S/C24H23Cl2NO/c1-4-24(2,3)27-23(28)18-9-14-21(16-5-10-19(25)11-6-16)22(15-18)17-7-12-20(26)13-8-17/h5-15H,4H2,1-3H3,(H,27,28). The van der Waals surface area contributed by atoms with Gasteiger partial charge in [0.15, 0.2) is 0 Å². The zero-order chi connectivity index (χ0) is 20.3. The van der Waals surface area contributed by atoms with Crippen LogP contribution in [0, 0.1) is 0 Å². The van der Waals surface area contributed by atoms with Gasteiger partial charge < -0.3 is 5.32 Å². The maximum atomic E-state index is 12.8. The van der Waals surface area contributed by atoms with Crippen LogP contribution in [-0.2, 0) is 0 Å². The van der Waals surface area contributed by atoms with Crippen molar-refractivity contribution in [2.75, 3.05) is 0 Å². The zero-order valence-electron chi connectivity index (χ0n) is 16.2. The molecule has 0 aliphatic carbocycles. The fourth-order valence-corrected chi connectivity index (χ4v) is 3.15. The Hall–Kier alpha value is -2.29. The molecular weight excluding hydrogens is 389 g/mol. The van der Waals surface area contributed by atoms with E-state index in [9.17, 15) is 4.79 Å². The summed E-state index contributed by atoms with van der Waals surface area (Å²) in [4.78, 5) is 12.8. The second-order valence-corrected chi connectivity index (χ2v) is 8.34. The van der Waals surface area contributed by atoms with Gasteiger partial charge in [-0.15, -0.1) is 0 Å². The Morgan fingerprint density at radius 1 is 0.821 bits per heavy atom. The number of hydrogen-bond donors (Lipinski definition) is 1. The molecule has 0 aliphatic rings. The topological polar surface area (TPSA) is 29.1 Å². The Balaban J connectivity index is 2.09. The molecule has 1 amide bonds. The molecule has 0 fully saturated rings. The number of carbonyl (C=O) groups is 1. The number of nitrogens with one attached hydrogen (secondary N) is 1. The van der Waals surface area contributed by atoms with Gasteiger partial charge >= 0.3 is 0 Å². The van der Waals surface area contributed by atoms with Gasteiger partial charge in [0.1, 0.15) is 0 Å². The fraction of sp³-hybridized carbons (Fsp3) is 0.208. The first-order chi connectivity index (χ1) is 13.3. The van der Waals surface area contributed by atoms with E-state index in [0.29, 0.717) is 15.6 Å². The van der Waals surface area contributed by atoms with Crippen LogP contribution in [0.4, 0.5) is 0 Å². The molecule has 0 heterocycles. The van der Waals surface area contributed by atoms with E-state index in [-0.39, 0.29) is 11.4 Å². The summed E-state index contributed by atoms with van der Waals surface area (Å²) >= 11 is 12.1. The second kappa shape index (κ2) is 8.38. The van der Waals surface area contributed by atoms with Crippen LogP contribution >= 0.6 is 23.2 Å². The van der Waals surface area contributed by atoms with Crippen LogP contribution in [0.2, 0.25) is 10.0 Å². The molecule has 2 nitrogen and oxygen atoms in total. The van der Waals surface area contributed by atoms with Crippen molar-refractivity contribution in [2.45, 2.75) is 32.7 Å². The lowest BCUT2D eigenvalue weighted by molar-refractivity contribution is 0.0911. The number of rotatable bonds is 5. The van der Waals surface area contributed by atoms with E-state index in [1.807, 2.05) is 80.6 Å². The SMILES string of the molecule is CCC(C)(C)NC(=O)c1ccc(-c2ccc(Cl)cc2)c(-c2ccc(Cl)cc2)c1. The van der Waals surface area contributed by atoms with Gasteiger partial charge in [0.2, 0.25) is 0 Å². The molecule has 0 aromatic heterocycles. The molecule has 4 heteroatoms. The summed E-state index contributed by atoms with van der Waals surface area (Å²) in [6.45, 7) is 6.10. The molecule has 0 spiro atoms. The van der Waals surface area contributed by atoms with Gasteiger partial charge in [0.05, 0.1) is 0 Å². The van der Waals surface area contributed by atoms with Crippen molar-refractivity contribution in [1.29, 1.82) is 0 Å². The minimum absolute atomic E-state index is 0.0790. The predicted octanol–water partition coefficient (Wildman–Crippen LogP) is 7.25. The van der Waals surface area contributed by atoms with Gasteiger partial charge in [-0.2, -0.15) is 0 Å². The molecule has 3 aromatic rings. The number of halogens is 2. The van der Waals surface area contributed by atoms with Gasteiger partial charge in [-0.3, -0.25) is 4.79 Å². The van der Waals surface area contributed by atoms with E-state index >= 15 is 0 Å². The molecule has 0 bridgehead atoms. The quantitative estimate of drug-likeness (QED) is 0.470.